The van der Waals surface area contributed by atoms with Gasteiger partial charge in [0.2, 0.25) is 5.91 Å². The molecule has 0 N–H and O–H groups in total. The lowest BCUT2D eigenvalue weighted by Gasteiger charge is -2.33. The average molecular weight is 484 g/mol. The fraction of sp³-hybridized carbons (Fsp3) is 0.333. The lowest BCUT2D eigenvalue weighted by Crippen LogP contribution is -2.43. The van der Waals surface area contributed by atoms with Crippen LogP contribution in [0.5, 0.6) is 0 Å². The highest BCUT2D eigenvalue weighted by Gasteiger charge is 2.29. The number of benzene rings is 2. The van der Waals surface area contributed by atoms with Crippen molar-refractivity contribution in [1.29, 1.82) is 0 Å². The monoisotopic (exact) mass is 482 g/mol. The van der Waals surface area contributed by atoms with Crippen molar-refractivity contribution in [3.8, 4) is 0 Å². The first-order valence-electron chi connectivity index (χ1n) is 9.09. The number of rotatable bonds is 4. The Morgan fingerprint density at radius 2 is 1.71 bits per heavy atom. The minimum Gasteiger partial charge on any atom is -0.341 e. The summed E-state index contributed by atoms with van der Waals surface area (Å²) in [5.41, 5.74) is 1.61. The third-order valence-electron chi connectivity index (χ3n) is 5.00. The molecule has 2 aromatic rings. The van der Waals surface area contributed by atoms with E-state index in [0.717, 1.165) is 10.0 Å². The Morgan fingerprint density at radius 3 is 2.32 bits per heavy atom. The largest absolute Gasteiger partial charge is 0.341 e. The Morgan fingerprint density at radius 1 is 1.07 bits per heavy atom. The molecule has 1 aliphatic heterocycles. The number of nitrogens with zero attached hydrogens (tertiary/aromatic N) is 2. The van der Waals surface area contributed by atoms with Crippen LogP contribution in [0.3, 0.4) is 0 Å². The molecule has 0 aliphatic carbocycles. The Kier molecular flexibility index (Phi) is 7.02. The number of carbonyl (C=O) groups excluding carboxylic acids is 2. The second kappa shape index (κ2) is 9.29. The van der Waals surface area contributed by atoms with Crippen LogP contribution in [0.4, 0.5) is 0 Å². The zero-order valence-corrected chi connectivity index (χ0v) is 18.6. The highest BCUT2D eigenvalue weighted by molar-refractivity contribution is 9.10. The molecule has 0 spiro atoms. The Balaban J connectivity index is 1.54. The van der Waals surface area contributed by atoms with Crippen LogP contribution in [0.15, 0.2) is 46.9 Å². The van der Waals surface area contributed by atoms with Crippen molar-refractivity contribution in [3.05, 3.63) is 68.1 Å². The summed E-state index contributed by atoms with van der Waals surface area (Å²) in [7, 11) is 1.80. The standard InChI is InChI=1S/C21H21BrCl2N2O2/c1-25(13-14-2-7-18(23)19(24)12-14)20(27)16-8-10-26(11-9-16)21(28)15-3-5-17(22)6-4-15/h2-7,12,16H,8-11,13H2,1H3. The topological polar surface area (TPSA) is 40.6 Å². The number of carbonyl (C=O) groups is 2. The van der Waals surface area contributed by atoms with Gasteiger partial charge in [-0.3, -0.25) is 9.59 Å². The number of piperidine rings is 1. The molecule has 28 heavy (non-hydrogen) atoms. The summed E-state index contributed by atoms with van der Waals surface area (Å²) < 4.78 is 0.943. The SMILES string of the molecule is CN(Cc1ccc(Cl)c(Cl)c1)C(=O)C1CCN(C(=O)c2ccc(Br)cc2)CC1. The third-order valence-corrected chi connectivity index (χ3v) is 6.27. The molecule has 148 valence electrons. The molecule has 1 saturated heterocycles. The molecule has 1 heterocycles. The summed E-state index contributed by atoms with van der Waals surface area (Å²) >= 11 is 15.4. The minimum absolute atomic E-state index is 0.0163. The molecule has 3 rings (SSSR count). The van der Waals surface area contributed by atoms with E-state index in [0.29, 0.717) is 48.1 Å². The van der Waals surface area contributed by atoms with Crippen molar-refractivity contribution >= 4 is 50.9 Å². The quantitative estimate of drug-likeness (QED) is 0.594. The van der Waals surface area contributed by atoms with E-state index in [1.165, 1.54) is 0 Å². The summed E-state index contributed by atoms with van der Waals surface area (Å²) in [6.07, 6.45) is 1.35. The van der Waals surface area contributed by atoms with Gasteiger partial charge in [-0.25, -0.2) is 0 Å². The van der Waals surface area contributed by atoms with Gasteiger partial charge >= 0.3 is 0 Å². The maximum Gasteiger partial charge on any atom is 0.253 e. The second-order valence-corrected chi connectivity index (χ2v) is 8.75. The normalized spacial score (nSPS) is 14.8. The van der Waals surface area contributed by atoms with Gasteiger partial charge in [0.25, 0.3) is 5.91 Å². The van der Waals surface area contributed by atoms with Crippen LogP contribution in [0, 0.1) is 5.92 Å². The number of halogens is 3. The molecular weight excluding hydrogens is 463 g/mol. The van der Waals surface area contributed by atoms with E-state index >= 15 is 0 Å². The summed E-state index contributed by atoms with van der Waals surface area (Å²) in [5.74, 6) is 0.0473. The maximum atomic E-state index is 12.8. The molecule has 1 fully saturated rings. The molecular formula is C21H21BrCl2N2O2. The molecule has 0 bridgehead atoms. The van der Waals surface area contributed by atoms with Crippen LogP contribution in [0.1, 0.15) is 28.8 Å². The van der Waals surface area contributed by atoms with Gasteiger partial charge in [-0.2, -0.15) is 0 Å². The molecule has 0 atom stereocenters. The van der Waals surface area contributed by atoms with E-state index in [9.17, 15) is 9.59 Å². The lowest BCUT2D eigenvalue weighted by molar-refractivity contribution is -0.136. The maximum absolute atomic E-state index is 12.8. The van der Waals surface area contributed by atoms with Gasteiger partial charge in [0.1, 0.15) is 0 Å². The molecule has 7 heteroatoms. The van der Waals surface area contributed by atoms with Gasteiger partial charge in [-0.05, 0) is 54.8 Å². The third kappa shape index (κ3) is 5.07. The molecule has 4 nitrogen and oxygen atoms in total. The van der Waals surface area contributed by atoms with E-state index in [4.69, 9.17) is 23.2 Å². The summed E-state index contributed by atoms with van der Waals surface area (Å²) in [6.45, 7) is 1.66. The van der Waals surface area contributed by atoms with E-state index in [2.05, 4.69) is 15.9 Å². The number of likely N-dealkylation sites (tertiary alicyclic amines) is 1. The van der Waals surface area contributed by atoms with Crippen LogP contribution in [-0.2, 0) is 11.3 Å². The van der Waals surface area contributed by atoms with Crippen LogP contribution >= 0.6 is 39.1 Å². The summed E-state index contributed by atoms with van der Waals surface area (Å²) in [5, 5.41) is 0.988. The Hall–Kier alpha value is -1.56. The molecule has 2 aromatic carbocycles. The summed E-state index contributed by atoms with van der Waals surface area (Å²) in [6, 6.07) is 12.8. The number of amides is 2. The first kappa shape index (κ1) is 21.2. The Labute approximate surface area is 183 Å². The van der Waals surface area contributed by atoms with E-state index in [-0.39, 0.29) is 17.7 Å². The Bertz CT molecular complexity index is 865. The fourth-order valence-electron chi connectivity index (χ4n) is 3.41. The average Bonchev–Trinajstić information content (AvgIpc) is 2.70. The number of hydrogen-bond acceptors (Lipinski definition) is 2. The zero-order chi connectivity index (χ0) is 20.3. The van der Waals surface area contributed by atoms with Crippen molar-refractivity contribution in [2.24, 2.45) is 5.92 Å². The van der Waals surface area contributed by atoms with Gasteiger partial charge in [-0.1, -0.05) is 45.2 Å². The van der Waals surface area contributed by atoms with Crippen LogP contribution in [0.25, 0.3) is 0 Å². The number of hydrogen-bond donors (Lipinski definition) is 0. The van der Waals surface area contributed by atoms with Gasteiger partial charge in [0.15, 0.2) is 0 Å². The molecule has 2 amide bonds. The lowest BCUT2D eigenvalue weighted by atomic mass is 9.94. The zero-order valence-electron chi connectivity index (χ0n) is 15.5. The highest BCUT2D eigenvalue weighted by atomic mass is 79.9. The molecule has 0 radical (unpaired) electrons. The van der Waals surface area contributed by atoms with Crippen molar-refractivity contribution in [1.82, 2.24) is 9.80 Å². The highest BCUT2D eigenvalue weighted by Crippen LogP contribution is 2.25. The minimum atomic E-state index is -0.0678. The van der Waals surface area contributed by atoms with Gasteiger partial charge in [-0.15, -0.1) is 0 Å². The summed E-state index contributed by atoms with van der Waals surface area (Å²) in [4.78, 5) is 29.0. The van der Waals surface area contributed by atoms with E-state index in [1.807, 2.05) is 35.2 Å². The smallest absolute Gasteiger partial charge is 0.253 e. The predicted molar refractivity (Wildman–Crippen MR) is 116 cm³/mol. The van der Waals surface area contributed by atoms with Gasteiger partial charge in [0, 0.05) is 42.6 Å². The van der Waals surface area contributed by atoms with Gasteiger partial charge < -0.3 is 9.80 Å². The first-order chi connectivity index (χ1) is 13.3. The van der Waals surface area contributed by atoms with Crippen LogP contribution in [0.2, 0.25) is 10.0 Å². The van der Waals surface area contributed by atoms with Crippen LogP contribution in [-0.4, -0.2) is 41.8 Å². The van der Waals surface area contributed by atoms with E-state index in [1.54, 1.807) is 24.1 Å². The molecule has 0 unspecified atom stereocenters. The second-order valence-electron chi connectivity index (χ2n) is 7.02. The first-order valence-corrected chi connectivity index (χ1v) is 10.6. The van der Waals surface area contributed by atoms with Crippen LogP contribution < -0.4 is 0 Å². The fourth-order valence-corrected chi connectivity index (χ4v) is 3.99. The van der Waals surface area contributed by atoms with Crippen molar-refractivity contribution in [2.45, 2.75) is 19.4 Å². The molecule has 1 aliphatic rings. The van der Waals surface area contributed by atoms with Crippen molar-refractivity contribution in [2.75, 3.05) is 20.1 Å². The van der Waals surface area contributed by atoms with E-state index < -0.39 is 0 Å². The molecule has 0 aromatic heterocycles. The van der Waals surface area contributed by atoms with Gasteiger partial charge in [0.05, 0.1) is 10.0 Å². The van der Waals surface area contributed by atoms with Crippen molar-refractivity contribution in [3.63, 3.8) is 0 Å². The predicted octanol–water partition coefficient (Wildman–Crippen LogP) is 5.27. The van der Waals surface area contributed by atoms with Crippen molar-refractivity contribution < 1.29 is 9.59 Å². The molecule has 0 saturated carbocycles.